The van der Waals surface area contributed by atoms with Crippen molar-refractivity contribution in [1.29, 1.82) is 0 Å². The molecule has 1 N–H and O–H groups in total. The number of carboxylic acids is 1. The van der Waals surface area contributed by atoms with Gasteiger partial charge < -0.3 is 19.5 Å². The van der Waals surface area contributed by atoms with Crippen LogP contribution in [0.25, 0.3) is 0 Å². The van der Waals surface area contributed by atoms with E-state index in [-0.39, 0.29) is 35.7 Å². The first-order valence-corrected chi connectivity index (χ1v) is 9.11. The van der Waals surface area contributed by atoms with Gasteiger partial charge in [0.25, 0.3) is 5.91 Å². The van der Waals surface area contributed by atoms with Crippen LogP contribution >= 0.6 is 0 Å². The molecule has 2 aliphatic rings. The molecule has 27 heavy (non-hydrogen) atoms. The zero-order chi connectivity index (χ0) is 19.6. The Morgan fingerprint density at radius 2 is 1.81 bits per heavy atom. The van der Waals surface area contributed by atoms with Crippen molar-refractivity contribution in [3.63, 3.8) is 0 Å². The summed E-state index contributed by atoms with van der Waals surface area (Å²) >= 11 is 0. The summed E-state index contributed by atoms with van der Waals surface area (Å²) in [5, 5.41) is 10.8. The smallest absolute Gasteiger partial charge is 0.309 e. The lowest BCUT2D eigenvalue weighted by Crippen LogP contribution is -3.17. The molecule has 1 aromatic rings. The van der Waals surface area contributed by atoms with E-state index in [0.29, 0.717) is 38.2 Å². The molecule has 1 aromatic carbocycles. The quantitative estimate of drug-likeness (QED) is 0.499. The van der Waals surface area contributed by atoms with Crippen molar-refractivity contribution in [3.8, 4) is 0 Å². The van der Waals surface area contributed by atoms with Crippen molar-refractivity contribution in [2.24, 2.45) is 5.92 Å². The maximum absolute atomic E-state index is 12.8. The minimum Gasteiger partial charge on any atom is -0.545 e. The van der Waals surface area contributed by atoms with Gasteiger partial charge in [-0.15, -0.1) is 0 Å². The summed E-state index contributed by atoms with van der Waals surface area (Å²) in [5.41, 5.74) is 0.347. The molecule has 144 valence electrons. The number of carbonyl (C=O) groups excluding carboxylic acids is 4. The predicted molar refractivity (Wildman–Crippen MR) is 91.7 cm³/mol. The molecule has 1 atom stereocenters. The van der Waals surface area contributed by atoms with E-state index in [0.717, 1.165) is 9.80 Å². The van der Waals surface area contributed by atoms with Gasteiger partial charge in [-0.05, 0) is 24.6 Å². The number of amides is 2. The van der Waals surface area contributed by atoms with E-state index in [1.807, 2.05) is 0 Å². The van der Waals surface area contributed by atoms with Gasteiger partial charge in [-0.3, -0.25) is 14.4 Å². The summed E-state index contributed by atoms with van der Waals surface area (Å²) in [6, 6.07) is 5.03. The van der Waals surface area contributed by atoms with Gasteiger partial charge in [0.15, 0.2) is 6.04 Å². The van der Waals surface area contributed by atoms with Crippen LogP contribution in [0, 0.1) is 5.92 Å². The number of quaternary nitrogens is 1. The monoisotopic (exact) mass is 374 g/mol. The van der Waals surface area contributed by atoms with Gasteiger partial charge in [0.05, 0.1) is 43.7 Å². The van der Waals surface area contributed by atoms with E-state index < -0.39 is 12.0 Å². The number of carboxylic acid groups (broad SMARTS) is 1. The van der Waals surface area contributed by atoms with Crippen molar-refractivity contribution in [3.05, 3.63) is 29.8 Å². The fourth-order valence-electron chi connectivity index (χ4n) is 3.80. The number of benzene rings is 1. The number of hydrogen-bond acceptors (Lipinski definition) is 6. The van der Waals surface area contributed by atoms with E-state index in [1.165, 1.54) is 24.3 Å². The van der Waals surface area contributed by atoms with Gasteiger partial charge in [0.1, 0.15) is 0 Å². The number of hydrogen-bond donors (Lipinski definition) is 1. The average molecular weight is 374 g/mol. The fourth-order valence-corrected chi connectivity index (χ4v) is 3.80. The Kier molecular flexibility index (Phi) is 5.55. The second-order valence-corrected chi connectivity index (χ2v) is 6.84. The summed E-state index contributed by atoms with van der Waals surface area (Å²) in [5.74, 6) is -2.24. The number of anilines is 1. The topological polar surface area (TPSA) is 108 Å². The normalized spacial score (nSPS) is 25.5. The van der Waals surface area contributed by atoms with Crippen LogP contribution in [0.2, 0.25) is 0 Å². The molecule has 3 rings (SSSR count). The van der Waals surface area contributed by atoms with Crippen LogP contribution in [0.5, 0.6) is 0 Å². The fraction of sp³-hybridized carbons (Fsp3) is 0.474. The molecule has 8 nitrogen and oxygen atoms in total. The predicted octanol–water partition coefficient (Wildman–Crippen LogP) is -1.46. The summed E-state index contributed by atoms with van der Waals surface area (Å²) in [6.45, 7) is 3.39. The average Bonchev–Trinajstić information content (AvgIpc) is 2.96. The van der Waals surface area contributed by atoms with Gasteiger partial charge in [-0.2, -0.15) is 0 Å². The summed E-state index contributed by atoms with van der Waals surface area (Å²) < 4.78 is 5.06. The van der Waals surface area contributed by atoms with E-state index in [1.54, 1.807) is 6.92 Å². The van der Waals surface area contributed by atoms with Crippen LogP contribution in [0.1, 0.15) is 36.5 Å². The van der Waals surface area contributed by atoms with E-state index in [9.17, 15) is 24.3 Å². The molecule has 0 unspecified atom stereocenters. The van der Waals surface area contributed by atoms with E-state index in [2.05, 4.69) is 0 Å². The van der Waals surface area contributed by atoms with Crippen molar-refractivity contribution >= 4 is 29.4 Å². The number of nitrogens with one attached hydrogen (secondary N) is 1. The van der Waals surface area contributed by atoms with Crippen LogP contribution in [-0.2, 0) is 19.1 Å². The number of likely N-dealkylation sites (tertiary alicyclic amines) is 1. The maximum atomic E-state index is 12.8. The highest BCUT2D eigenvalue weighted by Gasteiger charge is 2.47. The molecule has 0 bridgehead atoms. The highest BCUT2D eigenvalue weighted by atomic mass is 16.5. The first-order valence-electron chi connectivity index (χ1n) is 9.11. The number of ether oxygens (including phenoxy) is 1. The summed E-state index contributed by atoms with van der Waals surface area (Å²) in [4.78, 5) is 50.0. The first-order chi connectivity index (χ1) is 12.9. The highest BCUT2D eigenvalue weighted by Crippen LogP contribution is 2.23. The molecule has 2 fully saturated rings. The number of rotatable bonds is 5. The molecular weight excluding hydrogens is 352 g/mol. The van der Waals surface area contributed by atoms with Crippen LogP contribution in [0.3, 0.4) is 0 Å². The summed E-state index contributed by atoms with van der Waals surface area (Å²) in [6.07, 6.45) is 1.37. The molecule has 0 aromatic heterocycles. The van der Waals surface area contributed by atoms with E-state index in [4.69, 9.17) is 4.74 Å². The van der Waals surface area contributed by atoms with Gasteiger partial charge in [-0.25, -0.2) is 4.90 Å². The van der Waals surface area contributed by atoms with Crippen molar-refractivity contribution in [2.75, 3.05) is 24.6 Å². The number of nitrogens with zero attached hydrogens (tertiary/aromatic N) is 1. The van der Waals surface area contributed by atoms with Crippen LogP contribution in [-0.4, -0.2) is 49.5 Å². The van der Waals surface area contributed by atoms with Crippen molar-refractivity contribution in [2.45, 2.75) is 32.2 Å². The molecule has 2 saturated heterocycles. The second kappa shape index (κ2) is 7.87. The Morgan fingerprint density at radius 3 is 2.37 bits per heavy atom. The molecule has 2 heterocycles. The molecule has 0 spiro atoms. The lowest BCUT2D eigenvalue weighted by Gasteiger charge is -2.31. The lowest BCUT2D eigenvalue weighted by atomic mass is 9.95. The SMILES string of the molecule is CCOC(=O)C1CC[NH+]([C@@H]2CC(=O)N(c3ccc(C(=O)[O-])cc3)C2=O)CC1. The van der Waals surface area contributed by atoms with E-state index >= 15 is 0 Å². The Morgan fingerprint density at radius 1 is 1.19 bits per heavy atom. The largest absolute Gasteiger partial charge is 0.545 e. The molecule has 0 radical (unpaired) electrons. The third-order valence-corrected chi connectivity index (χ3v) is 5.25. The molecule has 8 heteroatoms. The lowest BCUT2D eigenvalue weighted by molar-refractivity contribution is -0.920. The molecule has 2 aliphatic heterocycles. The minimum absolute atomic E-state index is 0.0129. The number of carbonyl (C=O) groups is 4. The van der Waals surface area contributed by atoms with Crippen molar-refractivity contribution < 1.29 is 33.9 Å². The number of piperidine rings is 1. The van der Waals surface area contributed by atoms with Crippen LogP contribution in [0.15, 0.2) is 24.3 Å². The van der Waals surface area contributed by atoms with Gasteiger partial charge in [-0.1, -0.05) is 12.1 Å². The van der Waals surface area contributed by atoms with Gasteiger partial charge in [0, 0.05) is 12.8 Å². The van der Waals surface area contributed by atoms with Crippen LogP contribution in [0.4, 0.5) is 5.69 Å². The number of esters is 1. The summed E-state index contributed by atoms with van der Waals surface area (Å²) in [7, 11) is 0. The van der Waals surface area contributed by atoms with Gasteiger partial charge >= 0.3 is 5.97 Å². The molecular formula is C19H22N2O6. The Balaban J connectivity index is 1.66. The Labute approximate surface area is 156 Å². The number of imide groups is 1. The van der Waals surface area contributed by atoms with Gasteiger partial charge in [0.2, 0.25) is 5.91 Å². The zero-order valence-electron chi connectivity index (χ0n) is 15.1. The second-order valence-electron chi connectivity index (χ2n) is 6.84. The third kappa shape index (κ3) is 3.85. The zero-order valence-corrected chi connectivity index (χ0v) is 15.1. The number of aromatic carboxylic acids is 1. The third-order valence-electron chi connectivity index (χ3n) is 5.25. The molecule has 0 saturated carbocycles. The highest BCUT2D eigenvalue weighted by molar-refractivity contribution is 6.21. The van der Waals surface area contributed by atoms with Crippen molar-refractivity contribution in [1.82, 2.24) is 0 Å². The van der Waals surface area contributed by atoms with Crippen LogP contribution < -0.4 is 14.9 Å². The molecule has 0 aliphatic carbocycles. The minimum atomic E-state index is -1.31. The standard InChI is InChI=1S/C19H22N2O6/c1-2-27-19(26)13-7-9-20(10-8-13)15-11-16(22)21(17(15)23)14-5-3-12(4-6-14)18(24)25/h3-6,13,15H,2,7-11H2,1H3,(H,24,25)/t15-/m1/s1. The maximum Gasteiger partial charge on any atom is 0.309 e. The Hall–Kier alpha value is -2.74. The Bertz CT molecular complexity index is 752. The first kappa shape index (κ1) is 19.0. The molecule has 2 amide bonds.